The van der Waals surface area contributed by atoms with Gasteiger partial charge in [-0.1, -0.05) is 0 Å². The third-order valence-electron chi connectivity index (χ3n) is 3.11. The first-order valence-electron chi connectivity index (χ1n) is 6.08. The summed E-state index contributed by atoms with van der Waals surface area (Å²) in [6.45, 7) is 2.06. The molecule has 106 valence electrons. The second kappa shape index (κ2) is 6.94. The fraction of sp³-hybridized carbons (Fsp3) is 0.538. The van der Waals surface area contributed by atoms with Crippen molar-refractivity contribution in [2.45, 2.75) is 32.2 Å². The molecule has 0 bridgehead atoms. The number of carbonyl (C=O) groups excluding carboxylic acids is 2. The van der Waals surface area contributed by atoms with Gasteiger partial charge in [0, 0.05) is 24.9 Å². The van der Waals surface area contributed by atoms with E-state index >= 15 is 0 Å². The topological polar surface area (TPSA) is 94.4 Å². The molecule has 1 rings (SSSR count). The van der Waals surface area contributed by atoms with E-state index in [1.165, 1.54) is 14.2 Å². The highest BCUT2D eigenvalue weighted by atomic mass is 16.5. The van der Waals surface area contributed by atoms with Crippen LogP contribution in [0.5, 0.6) is 0 Å². The van der Waals surface area contributed by atoms with Crippen molar-refractivity contribution in [3.63, 3.8) is 0 Å². The highest BCUT2D eigenvalue weighted by molar-refractivity contribution is 5.78. The average molecular weight is 268 g/mol. The molecule has 0 aliphatic heterocycles. The van der Waals surface area contributed by atoms with E-state index in [0.717, 1.165) is 16.8 Å². The number of nitrogens with two attached hydrogens (primary N) is 1. The van der Waals surface area contributed by atoms with Crippen molar-refractivity contribution in [2.24, 2.45) is 5.73 Å². The molecule has 1 unspecified atom stereocenters. The zero-order valence-electron chi connectivity index (χ0n) is 11.5. The van der Waals surface area contributed by atoms with E-state index in [4.69, 9.17) is 10.5 Å². The number of aryl methyl sites for hydroxylation is 1. The van der Waals surface area contributed by atoms with Crippen LogP contribution >= 0.6 is 0 Å². The third kappa shape index (κ3) is 3.57. The summed E-state index contributed by atoms with van der Waals surface area (Å²) < 4.78 is 9.36. The molecular weight excluding hydrogens is 248 g/mol. The van der Waals surface area contributed by atoms with Crippen molar-refractivity contribution < 1.29 is 19.1 Å². The molecule has 19 heavy (non-hydrogen) atoms. The molecule has 1 aromatic rings. The Morgan fingerprint density at radius 2 is 2.05 bits per heavy atom. The molecule has 6 heteroatoms. The molecule has 0 spiro atoms. The van der Waals surface area contributed by atoms with Crippen LogP contribution < -0.4 is 5.73 Å². The van der Waals surface area contributed by atoms with Gasteiger partial charge in [0.1, 0.15) is 0 Å². The van der Waals surface area contributed by atoms with E-state index in [2.05, 4.69) is 9.72 Å². The third-order valence-corrected chi connectivity index (χ3v) is 3.11. The van der Waals surface area contributed by atoms with Crippen molar-refractivity contribution >= 4 is 11.9 Å². The first kappa shape index (κ1) is 15.2. The number of aromatic nitrogens is 1. The summed E-state index contributed by atoms with van der Waals surface area (Å²) in [4.78, 5) is 25.9. The minimum atomic E-state index is -0.414. The van der Waals surface area contributed by atoms with Crippen LogP contribution in [-0.2, 0) is 32.0 Å². The van der Waals surface area contributed by atoms with Crippen LogP contribution in [0, 0.1) is 0 Å². The van der Waals surface area contributed by atoms with E-state index in [0.29, 0.717) is 13.0 Å². The highest BCUT2D eigenvalue weighted by Gasteiger charge is 2.23. The number of hydrogen-bond donors (Lipinski definition) is 2. The zero-order chi connectivity index (χ0) is 14.4. The van der Waals surface area contributed by atoms with Gasteiger partial charge in [-0.2, -0.15) is 0 Å². The lowest BCUT2D eigenvalue weighted by atomic mass is 9.95. The van der Waals surface area contributed by atoms with Gasteiger partial charge < -0.3 is 20.2 Å². The number of hydrogen-bond acceptors (Lipinski definition) is 5. The molecule has 0 radical (unpaired) electrons. The van der Waals surface area contributed by atoms with Crippen molar-refractivity contribution in [3.8, 4) is 0 Å². The predicted molar refractivity (Wildman–Crippen MR) is 69.5 cm³/mol. The second-order valence-corrected chi connectivity index (χ2v) is 4.23. The minimum absolute atomic E-state index is 0.263. The lowest BCUT2D eigenvalue weighted by molar-refractivity contribution is -0.142. The van der Waals surface area contributed by atoms with Gasteiger partial charge in [-0.3, -0.25) is 9.59 Å². The Morgan fingerprint density at radius 1 is 1.37 bits per heavy atom. The molecule has 0 saturated heterocycles. The van der Waals surface area contributed by atoms with Gasteiger partial charge in [-0.25, -0.2) is 0 Å². The molecule has 0 amide bonds. The van der Waals surface area contributed by atoms with Crippen LogP contribution in [0.15, 0.2) is 6.20 Å². The quantitative estimate of drug-likeness (QED) is 0.746. The molecule has 3 N–H and O–H groups in total. The van der Waals surface area contributed by atoms with Crippen LogP contribution in [0.4, 0.5) is 0 Å². The van der Waals surface area contributed by atoms with Crippen LogP contribution in [-0.4, -0.2) is 31.1 Å². The first-order valence-corrected chi connectivity index (χ1v) is 6.08. The molecule has 0 fully saturated rings. The molecule has 6 nitrogen and oxygen atoms in total. The van der Waals surface area contributed by atoms with Crippen molar-refractivity contribution in [3.05, 3.63) is 23.0 Å². The Bertz CT molecular complexity index is 453. The Morgan fingerprint density at radius 3 is 2.58 bits per heavy atom. The minimum Gasteiger partial charge on any atom is -0.469 e. The maximum atomic E-state index is 11.7. The van der Waals surface area contributed by atoms with Gasteiger partial charge in [0.2, 0.25) is 0 Å². The van der Waals surface area contributed by atoms with Crippen LogP contribution in [0.3, 0.4) is 0 Å². The van der Waals surface area contributed by atoms with E-state index in [1.807, 2.05) is 0 Å². The lowest BCUT2D eigenvalue weighted by Crippen LogP contribution is -2.15. The molecule has 1 atom stereocenters. The van der Waals surface area contributed by atoms with Crippen molar-refractivity contribution in [2.75, 3.05) is 14.2 Å². The Kier molecular flexibility index (Phi) is 5.57. The van der Waals surface area contributed by atoms with Crippen LogP contribution in [0.2, 0.25) is 0 Å². The highest BCUT2D eigenvalue weighted by Crippen LogP contribution is 2.26. The SMILES string of the molecule is COC(=O)CCc1c[nH]c(CN)c1C(C)C(=O)OC. The number of aromatic amines is 1. The van der Waals surface area contributed by atoms with E-state index in [-0.39, 0.29) is 18.4 Å². The second-order valence-electron chi connectivity index (χ2n) is 4.23. The molecular formula is C13H20N2O4. The molecule has 1 heterocycles. The Labute approximate surface area is 112 Å². The monoisotopic (exact) mass is 268 g/mol. The normalized spacial score (nSPS) is 12.0. The molecule has 0 saturated carbocycles. The lowest BCUT2D eigenvalue weighted by Gasteiger charge is -2.12. The standard InChI is InChI=1S/C13H20N2O4/c1-8(13(17)19-3)12-9(4-5-11(16)18-2)7-15-10(12)6-14/h7-8,15H,4-6,14H2,1-3H3. The Hall–Kier alpha value is -1.82. The maximum absolute atomic E-state index is 11.7. The number of carbonyl (C=O) groups is 2. The number of esters is 2. The summed E-state index contributed by atoms with van der Waals surface area (Å²) in [5.74, 6) is -1.02. The first-order chi connectivity index (χ1) is 9.04. The van der Waals surface area contributed by atoms with Crippen LogP contribution in [0.1, 0.15) is 36.1 Å². The van der Waals surface area contributed by atoms with Gasteiger partial charge in [0.15, 0.2) is 0 Å². The summed E-state index contributed by atoms with van der Waals surface area (Å²) in [5.41, 5.74) is 8.15. The fourth-order valence-electron chi connectivity index (χ4n) is 2.07. The molecule has 0 aliphatic rings. The van der Waals surface area contributed by atoms with E-state index < -0.39 is 5.92 Å². The van der Waals surface area contributed by atoms with Gasteiger partial charge in [-0.05, 0) is 24.5 Å². The smallest absolute Gasteiger partial charge is 0.312 e. The molecule has 0 aromatic carbocycles. The fourth-order valence-corrected chi connectivity index (χ4v) is 2.07. The average Bonchev–Trinajstić information content (AvgIpc) is 2.85. The van der Waals surface area contributed by atoms with E-state index in [1.54, 1.807) is 13.1 Å². The number of ether oxygens (including phenoxy) is 2. The largest absolute Gasteiger partial charge is 0.469 e. The summed E-state index contributed by atoms with van der Waals surface area (Å²) in [7, 11) is 2.70. The Balaban J connectivity index is 2.96. The summed E-state index contributed by atoms with van der Waals surface area (Å²) in [6, 6.07) is 0. The van der Waals surface area contributed by atoms with Gasteiger partial charge >= 0.3 is 11.9 Å². The maximum Gasteiger partial charge on any atom is 0.312 e. The molecule has 0 aliphatic carbocycles. The summed E-state index contributed by atoms with van der Waals surface area (Å²) in [5, 5.41) is 0. The molecule has 1 aromatic heterocycles. The zero-order valence-corrected chi connectivity index (χ0v) is 11.5. The number of rotatable bonds is 6. The van der Waals surface area contributed by atoms with Crippen LogP contribution in [0.25, 0.3) is 0 Å². The summed E-state index contributed by atoms with van der Waals surface area (Å²) >= 11 is 0. The predicted octanol–water partition coefficient (Wildman–Crippen LogP) is 0.855. The summed E-state index contributed by atoms with van der Waals surface area (Å²) in [6.07, 6.45) is 2.54. The van der Waals surface area contributed by atoms with Gasteiger partial charge in [0.05, 0.1) is 20.1 Å². The van der Waals surface area contributed by atoms with Crippen molar-refractivity contribution in [1.82, 2.24) is 4.98 Å². The number of H-pyrrole nitrogens is 1. The number of methoxy groups -OCH3 is 2. The van der Waals surface area contributed by atoms with Crippen molar-refractivity contribution in [1.29, 1.82) is 0 Å². The van der Waals surface area contributed by atoms with Gasteiger partial charge in [0.25, 0.3) is 0 Å². The van der Waals surface area contributed by atoms with Gasteiger partial charge in [-0.15, -0.1) is 0 Å². The van der Waals surface area contributed by atoms with E-state index in [9.17, 15) is 9.59 Å². The number of nitrogens with one attached hydrogen (secondary N) is 1.